The van der Waals surface area contributed by atoms with Crippen LogP contribution < -0.4 is 14.2 Å². The van der Waals surface area contributed by atoms with E-state index in [4.69, 9.17) is 14.2 Å². The van der Waals surface area contributed by atoms with Crippen molar-refractivity contribution in [2.24, 2.45) is 17.3 Å². The van der Waals surface area contributed by atoms with Crippen molar-refractivity contribution in [3.63, 3.8) is 0 Å². The minimum Gasteiger partial charge on any atom is -0.508 e. The fourth-order valence-corrected chi connectivity index (χ4v) is 6.75. The molecule has 0 aromatic heterocycles. The summed E-state index contributed by atoms with van der Waals surface area (Å²) in [7, 11) is 4.79. The number of benzene rings is 2. The van der Waals surface area contributed by atoms with Gasteiger partial charge in [-0.15, -0.1) is 0 Å². The molecule has 5 rings (SSSR count). The first-order chi connectivity index (χ1) is 15.9. The summed E-state index contributed by atoms with van der Waals surface area (Å²) < 4.78 is 16.4. The number of methoxy groups -OCH3 is 3. The molecule has 2 aromatic carbocycles. The second-order valence-corrected chi connectivity index (χ2v) is 9.92. The fraction of sp³-hybridized carbons (Fsp3) is 0.464. The Morgan fingerprint density at radius 2 is 1.76 bits per heavy atom. The number of hydrogen-bond acceptors (Lipinski definition) is 5. The largest absolute Gasteiger partial charge is 0.508 e. The molecule has 0 spiro atoms. The number of aryl methyl sites for hydroxylation is 1. The van der Waals surface area contributed by atoms with Crippen molar-refractivity contribution in [1.82, 2.24) is 0 Å². The summed E-state index contributed by atoms with van der Waals surface area (Å²) in [5.41, 5.74) is 4.13. The molecule has 3 aliphatic carbocycles. The molecule has 2 saturated carbocycles. The first-order valence-corrected chi connectivity index (χ1v) is 11.8. The highest BCUT2D eigenvalue weighted by molar-refractivity contribution is 6.06. The molecular weight excluding hydrogens is 416 g/mol. The highest BCUT2D eigenvalue weighted by Gasteiger charge is 2.56. The van der Waals surface area contributed by atoms with Crippen LogP contribution in [0.25, 0.3) is 6.08 Å². The Morgan fingerprint density at radius 1 is 1.03 bits per heavy atom. The van der Waals surface area contributed by atoms with Crippen LogP contribution in [0, 0.1) is 17.3 Å². The molecule has 2 fully saturated rings. The molecule has 0 amide bonds. The van der Waals surface area contributed by atoms with Crippen LogP contribution in [0.5, 0.6) is 23.0 Å². The van der Waals surface area contributed by atoms with E-state index >= 15 is 0 Å². The van der Waals surface area contributed by atoms with Crippen molar-refractivity contribution in [2.45, 2.75) is 44.9 Å². The lowest BCUT2D eigenvalue weighted by Crippen LogP contribution is -2.42. The van der Waals surface area contributed by atoms with Gasteiger partial charge in [-0.3, -0.25) is 4.79 Å². The number of ketones is 1. The number of carbonyl (C=O) groups is 1. The van der Waals surface area contributed by atoms with Crippen LogP contribution in [-0.2, 0) is 11.2 Å². The second kappa shape index (κ2) is 8.12. The molecule has 5 heteroatoms. The van der Waals surface area contributed by atoms with E-state index in [2.05, 4.69) is 13.0 Å². The van der Waals surface area contributed by atoms with Crippen molar-refractivity contribution in [3.8, 4) is 23.0 Å². The highest BCUT2D eigenvalue weighted by atomic mass is 16.5. The molecule has 0 radical (unpaired) electrons. The van der Waals surface area contributed by atoms with Crippen LogP contribution in [0.4, 0.5) is 0 Å². The van der Waals surface area contributed by atoms with Crippen molar-refractivity contribution in [3.05, 3.63) is 52.6 Å². The first kappa shape index (κ1) is 21.9. The van der Waals surface area contributed by atoms with Gasteiger partial charge >= 0.3 is 0 Å². The van der Waals surface area contributed by atoms with Crippen LogP contribution in [0.1, 0.15) is 55.2 Å². The number of Topliss-reactive ketones (excluding diaryl/α,β-unsaturated/α-hetero) is 1. The van der Waals surface area contributed by atoms with E-state index in [0.717, 1.165) is 43.2 Å². The molecule has 0 heterocycles. The Morgan fingerprint density at radius 3 is 2.42 bits per heavy atom. The van der Waals surface area contributed by atoms with Gasteiger partial charge in [0.15, 0.2) is 17.3 Å². The third-order valence-electron chi connectivity index (χ3n) is 8.38. The van der Waals surface area contributed by atoms with Crippen LogP contribution in [0.2, 0.25) is 0 Å². The predicted octanol–water partition coefficient (Wildman–Crippen LogP) is 5.54. The molecule has 174 valence electrons. The number of carbonyl (C=O) groups excluding carboxylic acids is 1. The molecule has 3 aliphatic rings. The van der Waals surface area contributed by atoms with Gasteiger partial charge in [-0.2, -0.15) is 0 Å². The number of ether oxygens (including phenoxy) is 3. The van der Waals surface area contributed by atoms with E-state index < -0.39 is 0 Å². The SMILES string of the molecule is COc1cc(C=C2CC3C4CCc5cc(O)ccc5C4CCC3(C)C2=O)cc(OC)c1OC. The van der Waals surface area contributed by atoms with Crippen LogP contribution in [0.3, 0.4) is 0 Å². The quantitative estimate of drug-likeness (QED) is 0.623. The summed E-state index contributed by atoms with van der Waals surface area (Å²) in [6, 6.07) is 9.64. The van der Waals surface area contributed by atoms with Gasteiger partial charge in [-0.25, -0.2) is 0 Å². The van der Waals surface area contributed by atoms with E-state index in [0.29, 0.717) is 40.8 Å². The highest BCUT2D eigenvalue weighted by Crippen LogP contribution is 2.61. The van der Waals surface area contributed by atoms with Gasteiger partial charge in [0.1, 0.15) is 5.75 Å². The molecular formula is C28H32O5. The Bertz CT molecular complexity index is 1110. The molecule has 1 N–H and O–H groups in total. The number of phenolic OH excluding ortho intramolecular Hbond substituents is 1. The lowest BCUT2D eigenvalue weighted by molar-refractivity contribution is -0.127. The standard InChI is InChI=1S/C28H32O5/c1-28-10-9-21-20-8-6-19(29)14-17(20)5-7-22(21)23(28)15-18(27(28)30)11-16-12-24(31-2)26(33-4)25(13-16)32-3/h6,8,11-14,21-23,29H,5,7,9-10,15H2,1-4H3. The summed E-state index contributed by atoms with van der Waals surface area (Å²) >= 11 is 0. The summed E-state index contributed by atoms with van der Waals surface area (Å²) in [6.45, 7) is 2.18. The third-order valence-corrected chi connectivity index (χ3v) is 8.38. The Labute approximate surface area is 195 Å². The maximum atomic E-state index is 13.7. The number of allylic oxidation sites excluding steroid dienone is 1. The van der Waals surface area contributed by atoms with Gasteiger partial charge < -0.3 is 19.3 Å². The minimum absolute atomic E-state index is 0.288. The molecule has 0 saturated heterocycles. The van der Waals surface area contributed by atoms with Crippen molar-refractivity contribution in [1.29, 1.82) is 0 Å². The van der Waals surface area contributed by atoms with Crippen molar-refractivity contribution >= 4 is 11.9 Å². The van der Waals surface area contributed by atoms with Gasteiger partial charge in [0.05, 0.1) is 21.3 Å². The fourth-order valence-electron chi connectivity index (χ4n) is 6.75. The lowest BCUT2D eigenvalue weighted by Gasteiger charge is -2.48. The summed E-state index contributed by atoms with van der Waals surface area (Å²) in [6.07, 6.45) is 6.80. The number of fused-ring (bicyclic) bond motifs is 5. The zero-order valence-corrected chi connectivity index (χ0v) is 19.8. The third kappa shape index (κ3) is 3.40. The zero-order valence-electron chi connectivity index (χ0n) is 19.8. The molecule has 0 bridgehead atoms. The van der Waals surface area contributed by atoms with E-state index in [9.17, 15) is 9.90 Å². The molecule has 0 aliphatic heterocycles. The second-order valence-electron chi connectivity index (χ2n) is 9.92. The smallest absolute Gasteiger partial charge is 0.203 e. The monoisotopic (exact) mass is 448 g/mol. The van der Waals surface area contributed by atoms with Crippen LogP contribution >= 0.6 is 0 Å². The first-order valence-electron chi connectivity index (χ1n) is 11.8. The van der Waals surface area contributed by atoms with E-state index in [1.54, 1.807) is 21.3 Å². The van der Waals surface area contributed by atoms with Gasteiger partial charge in [0.25, 0.3) is 0 Å². The average molecular weight is 449 g/mol. The Kier molecular flexibility index (Phi) is 5.38. The Balaban J connectivity index is 1.49. The predicted molar refractivity (Wildman–Crippen MR) is 127 cm³/mol. The zero-order chi connectivity index (χ0) is 23.3. The number of phenols is 1. The minimum atomic E-state index is -0.304. The molecule has 4 atom stereocenters. The number of rotatable bonds is 4. The molecule has 5 nitrogen and oxygen atoms in total. The van der Waals surface area contributed by atoms with Gasteiger partial charge in [-0.05, 0) is 102 Å². The van der Waals surface area contributed by atoms with Crippen LogP contribution in [-0.4, -0.2) is 32.2 Å². The normalized spacial score (nSPS) is 29.3. The summed E-state index contributed by atoms with van der Waals surface area (Å²) in [4.78, 5) is 13.7. The molecule has 33 heavy (non-hydrogen) atoms. The lowest BCUT2D eigenvalue weighted by atomic mass is 9.55. The van der Waals surface area contributed by atoms with Gasteiger partial charge in [0, 0.05) is 5.41 Å². The maximum absolute atomic E-state index is 13.7. The van der Waals surface area contributed by atoms with Gasteiger partial charge in [-0.1, -0.05) is 13.0 Å². The van der Waals surface area contributed by atoms with E-state index in [1.165, 1.54) is 11.1 Å². The summed E-state index contributed by atoms with van der Waals surface area (Å²) in [5.74, 6) is 3.68. The van der Waals surface area contributed by atoms with Crippen molar-refractivity contribution < 1.29 is 24.1 Å². The Hall–Kier alpha value is -2.95. The number of aromatic hydroxyl groups is 1. The van der Waals surface area contributed by atoms with E-state index in [-0.39, 0.29) is 11.2 Å². The average Bonchev–Trinajstić information content (AvgIpc) is 3.08. The molecule has 4 unspecified atom stereocenters. The summed E-state index contributed by atoms with van der Waals surface area (Å²) in [5, 5.41) is 9.91. The van der Waals surface area contributed by atoms with Crippen LogP contribution in [0.15, 0.2) is 35.9 Å². The van der Waals surface area contributed by atoms with Crippen molar-refractivity contribution in [2.75, 3.05) is 21.3 Å². The topological polar surface area (TPSA) is 65.0 Å². The maximum Gasteiger partial charge on any atom is 0.203 e. The molecule has 2 aromatic rings. The van der Waals surface area contributed by atoms with E-state index in [1.807, 2.05) is 30.3 Å². The number of hydrogen-bond donors (Lipinski definition) is 1. The van der Waals surface area contributed by atoms with Gasteiger partial charge in [0.2, 0.25) is 5.75 Å².